The molecule has 0 radical (unpaired) electrons. The van der Waals surface area contributed by atoms with Gasteiger partial charge in [-0.15, -0.1) is 0 Å². The number of piperidine rings is 1. The van der Waals surface area contributed by atoms with Gasteiger partial charge in [-0.3, -0.25) is 4.79 Å². The Labute approximate surface area is 134 Å². The number of carbonyl (C=O) groups excluding carboxylic acids is 1. The quantitative estimate of drug-likeness (QED) is 0.833. The molecule has 1 aromatic rings. The minimum absolute atomic E-state index is 0.248. The molecule has 0 aromatic heterocycles. The van der Waals surface area contributed by atoms with Gasteiger partial charge in [-0.1, -0.05) is 31.0 Å². The van der Waals surface area contributed by atoms with Gasteiger partial charge < -0.3 is 9.80 Å². The Morgan fingerprint density at radius 1 is 0.955 bits per heavy atom. The lowest BCUT2D eigenvalue weighted by Crippen LogP contribution is -2.43. The van der Waals surface area contributed by atoms with Crippen LogP contribution in [0, 0.1) is 12.8 Å². The van der Waals surface area contributed by atoms with E-state index in [2.05, 4.69) is 41.0 Å². The SMILES string of the molecule is Cc1ccccc1N1CCC(C(=O)N2CCCCCC2)CC1. The van der Waals surface area contributed by atoms with Crippen molar-refractivity contribution in [1.82, 2.24) is 4.90 Å². The van der Waals surface area contributed by atoms with Crippen LogP contribution in [0.15, 0.2) is 24.3 Å². The van der Waals surface area contributed by atoms with Gasteiger partial charge in [-0.2, -0.15) is 0 Å². The van der Waals surface area contributed by atoms with E-state index in [1.165, 1.54) is 36.9 Å². The maximum absolute atomic E-state index is 12.7. The normalized spacial score (nSPS) is 20.8. The largest absolute Gasteiger partial charge is 0.371 e. The fourth-order valence-corrected chi connectivity index (χ4v) is 3.83. The first kappa shape index (κ1) is 15.4. The van der Waals surface area contributed by atoms with Gasteiger partial charge in [0, 0.05) is 37.8 Å². The predicted octanol–water partition coefficient (Wildman–Crippen LogP) is 3.61. The maximum atomic E-state index is 12.7. The summed E-state index contributed by atoms with van der Waals surface area (Å²) in [5, 5.41) is 0. The van der Waals surface area contributed by atoms with E-state index < -0.39 is 0 Å². The van der Waals surface area contributed by atoms with E-state index in [1.54, 1.807) is 0 Å². The molecule has 0 unspecified atom stereocenters. The van der Waals surface area contributed by atoms with Crippen molar-refractivity contribution in [3.8, 4) is 0 Å². The molecule has 3 rings (SSSR count). The second-order valence-electron chi connectivity index (χ2n) is 6.79. The van der Waals surface area contributed by atoms with E-state index in [4.69, 9.17) is 0 Å². The van der Waals surface area contributed by atoms with Gasteiger partial charge in [-0.25, -0.2) is 0 Å². The van der Waals surface area contributed by atoms with Crippen LogP contribution in [0.3, 0.4) is 0 Å². The standard InChI is InChI=1S/C19H28N2O/c1-16-8-4-5-9-18(16)20-14-10-17(11-15-20)19(22)21-12-6-2-3-7-13-21/h4-5,8-9,17H,2-3,6-7,10-15H2,1H3. The highest BCUT2D eigenvalue weighted by molar-refractivity contribution is 5.79. The highest BCUT2D eigenvalue weighted by atomic mass is 16.2. The third-order valence-corrected chi connectivity index (χ3v) is 5.22. The molecule has 2 heterocycles. The van der Waals surface area contributed by atoms with Crippen LogP contribution in [0.1, 0.15) is 44.1 Å². The van der Waals surface area contributed by atoms with E-state index in [9.17, 15) is 4.79 Å². The molecule has 2 fully saturated rings. The monoisotopic (exact) mass is 300 g/mol. The Morgan fingerprint density at radius 2 is 1.59 bits per heavy atom. The van der Waals surface area contributed by atoms with Crippen LogP contribution in [-0.4, -0.2) is 37.0 Å². The van der Waals surface area contributed by atoms with Crippen LogP contribution in [0.2, 0.25) is 0 Å². The van der Waals surface area contributed by atoms with Crippen molar-refractivity contribution in [3.05, 3.63) is 29.8 Å². The molecule has 0 atom stereocenters. The number of para-hydroxylation sites is 1. The molecule has 3 nitrogen and oxygen atoms in total. The Kier molecular flexibility index (Phi) is 5.01. The number of anilines is 1. The fraction of sp³-hybridized carbons (Fsp3) is 0.632. The van der Waals surface area contributed by atoms with Crippen LogP contribution < -0.4 is 4.90 Å². The number of rotatable bonds is 2. The lowest BCUT2D eigenvalue weighted by Gasteiger charge is -2.36. The number of aryl methyl sites for hydroxylation is 1. The van der Waals surface area contributed by atoms with E-state index >= 15 is 0 Å². The summed E-state index contributed by atoms with van der Waals surface area (Å²) < 4.78 is 0. The number of nitrogens with zero attached hydrogens (tertiary/aromatic N) is 2. The molecular formula is C19H28N2O. The topological polar surface area (TPSA) is 23.6 Å². The van der Waals surface area contributed by atoms with Crippen molar-refractivity contribution in [1.29, 1.82) is 0 Å². The summed E-state index contributed by atoms with van der Waals surface area (Å²) in [4.78, 5) is 17.3. The predicted molar refractivity (Wildman–Crippen MR) is 91.2 cm³/mol. The molecule has 1 amide bonds. The average Bonchev–Trinajstić information content (AvgIpc) is 2.84. The van der Waals surface area contributed by atoms with Crippen molar-refractivity contribution in [3.63, 3.8) is 0 Å². The minimum atomic E-state index is 0.248. The van der Waals surface area contributed by atoms with E-state index in [1.807, 2.05) is 0 Å². The molecule has 0 aliphatic carbocycles. The molecular weight excluding hydrogens is 272 g/mol. The highest BCUT2D eigenvalue weighted by Gasteiger charge is 2.29. The van der Waals surface area contributed by atoms with E-state index in [0.29, 0.717) is 5.91 Å². The average molecular weight is 300 g/mol. The molecule has 0 bridgehead atoms. The van der Waals surface area contributed by atoms with Crippen LogP contribution >= 0.6 is 0 Å². The maximum Gasteiger partial charge on any atom is 0.225 e. The third-order valence-electron chi connectivity index (χ3n) is 5.22. The lowest BCUT2D eigenvalue weighted by molar-refractivity contribution is -0.136. The van der Waals surface area contributed by atoms with Crippen molar-refractivity contribution < 1.29 is 4.79 Å². The van der Waals surface area contributed by atoms with Crippen molar-refractivity contribution in [2.45, 2.75) is 45.4 Å². The Balaban J connectivity index is 1.57. The van der Waals surface area contributed by atoms with E-state index in [-0.39, 0.29) is 5.92 Å². The second-order valence-corrected chi connectivity index (χ2v) is 6.79. The first-order chi connectivity index (χ1) is 10.8. The Morgan fingerprint density at radius 3 is 2.23 bits per heavy atom. The Bertz CT molecular complexity index is 498. The third kappa shape index (κ3) is 3.45. The number of benzene rings is 1. The van der Waals surface area contributed by atoms with Gasteiger partial charge >= 0.3 is 0 Å². The summed E-state index contributed by atoms with van der Waals surface area (Å²) in [5.41, 5.74) is 2.67. The molecule has 2 aliphatic rings. The number of hydrogen-bond acceptors (Lipinski definition) is 2. The first-order valence-corrected chi connectivity index (χ1v) is 8.85. The van der Waals surface area contributed by atoms with Gasteiger partial charge in [0.2, 0.25) is 5.91 Å². The summed E-state index contributed by atoms with van der Waals surface area (Å²) >= 11 is 0. The molecule has 2 saturated heterocycles. The van der Waals surface area contributed by atoms with Crippen LogP contribution in [0.25, 0.3) is 0 Å². The number of carbonyl (C=O) groups is 1. The van der Waals surface area contributed by atoms with Crippen LogP contribution in [0.5, 0.6) is 0 Å². The molecule has 3 heteroatoms. The van der Waals surface area contributed by atoms with Crippen LogP contribution in [-0.2, 0) is 4.79 Å². The summed E-state index contributed by atoms with van der Waals surface area (Å²) in [7, 11) is 0. The zero-order valence-corrected chi connectivity index (χ0v) is 13.8. The van der Waals surface area contributed by atoms with Gasteiger partial charge in [0.25, 0.3) is 0 Å². The Hall–Kier alpha value is -1.51. The summed E-state index contributed by atoms with van der Waals surface area (Å²) in [5.74, 6) is 0.671. The van der Waals surface area contributed by atoms with Gasteiger partial charge in [0.05, 0.1) is 0 Å². The summed E-state index contributed by atoms with van der Waals surface area (Å²) in [6, 6.07) is 8.57. The fourth-order valence-electron chi connectivity index (χ4n) is 3.83. The molecule has 120 valence electrons. The zero-order chi connectivity index (χ0) is 15.4. The first-order valence-electron chi connectivity index (χ1n) is 8.85. The zero-order valence-electron chi connectivity index (χ0n) is 13.8. The molecule has 22 heavy (non-hydrogen) atoms. The molecule has 2 aliphatic heterocycles. The van der Waals surface area contributed by atoms with Gasteiger partial charge in [0.1, 0.15) is 0 Å². The lowest BCUT2D eigenvalue weighted by atomic mass is 9.94. The van der Waals surface area contributed by atoms with Crippen molar-refractivity contribution in [2.75, 3.05) is 31.1 Å². The number of amides is 1. The minimum Gasteiger partial charge on any atom is -0.371 e. The van der Waals surface area contributed by atoms with Crippen molar-refractivity contribution in [2.24, 2.45) is 5.92 Å². The molecule has 1 aromatic carbocycles. The van der Waals surface area contributed by atoms with Crippen molar-refractivity contribution >= 4 is 11.6 Å². The van der Waals surface area contributed by atoms with E-state index in [0.717, 1.165) is 39.0 Å². The molecule has 0 saturated carbocycles. The summed E-state index contributed by atoms with van der Waals surface area (Å²) in [6.45, 7) is 6.15. The smallest absolute Gasteiger partial charge is 0.225 e. The molecule has 0 spiro atoms. The number of likely N-dealkylation sites (tertiary alicyclic amines) is 1. The number of hydrogen-bond donors (Lipinski definition) is 0. The second kappa shape index (κ2) is 7.17. The highest BCUT2D eigenvalue weighted by Crippen LogP contribution is 2.27. The van der Waals surface area contributed by atoms with Crippen LogP contribution in [0.4, 0.5) is 5.69 Å². The van der Waals surface area contributed by atoms with Gasteiger partial charge in [0.15, 0.2) is 0 Å². The molecule has 0 N–H and O–H groups in total. The van der Waals surface area contributed by atoms with Gasteiger partial charge in [-0.05, 0) is 44.2 Å². The summed E-state index contributed by atoms with van der Waals surface area (Å²) in [6.07, 6.45) is 6.96.